The Morgan fingerprint density at radius 1 is 1.41 bits per heavy atom. The van der Waals surface area contributed by atoms with Crippen LogP contribution < -0.4 is 5.32 Å². The molecule has 0 saturated heterocycles. The molecular formula is C14H17NO2. The van der Waals surface area contributed by atoms with Gasteiger partial charge in [0.05, 0.1) is 6.61 Å². The van der Waals surface area contributed by atoms with Crippen molar-refractivity contribution in [3.63, 3.8) is 0 Å². The van der Waals surface area contributed by atoms with E-state index < -0.39 is 0 Å². The highest BCUT2D eigenvalue weighted by atomic mass is 16.3. The lowest BCUT2D eigenvalue weighted by Gasteiger charge is -2.08. The number of anilines is 1. The van der Waals surface area contributed by atoms with Gasteiger partial charge in [0, 0.05) is 17.3 Å². The number of aliphatic hydroxyl groups excluding tert-OH is 1. The van der Waals surface area contributed by atoms with Gasteiger partial charge in [-0.05, 0) is 25.5 Å². The summed E-state index contributed by atoms with van der Waals surface area (Å²) in [5, 5.41) is 11.9. The molecule has 0 spiro atoms. The zero-order valence-electron chi connectivity index (χ0n) is 10.1. The Hall–Kier alpha value is -1.87. The molecule has 0 aliphatic heterocycles. The van der Waals surface area contributed by atoms with Crippen molar-refractivity contribution in [2.45, 2.75) is 20.5 Å². The van der Waals surface area contributed by atoms with Crippen LogP contribution >= 0.6 is 0 Å². The standard InChI is InChI=1S/C14H17NO2/c1-3-4-5-6-14(17)15-13-9-11(2)7-8-12(13)10-16/h3-9,16H,10H2,1-2H3,(H,15,17)/b4-3+,6-5+. The minimum Gasteiger partial charge on any atom is -0.392 e. The number of nitrogens with one attached hydrogen (secondary N) is 1. The van der Waals surface area contributed by atoms with E-state index in [0.717, 1.165) is 5.56 Å². The normalized spacial score (nSPS) is 11.2. The monoisotopic (exact) mass is 231 g/mol. The number of rotatable bonds is 4. The Morgan fingerprint density at radius 2 is 2.18 bits per heavy atom. The van der Waals surface area contributed by atoms with E-state index in [1.165, 1.54) is 6.08 Å². The summed E-state index contributed by atoms with van der Waals surface area (Å²) in [6, 6.07) is 5.55. The lowest BCUT2D eigenvalue weighted by molar-refractivity contribution is -0.111. The Labute approximate surface area is 101 Å². The van der Waals surface area contributed by atoms with E-state index in [9.17, 15) is 4.79 Å². The number of aliphatic hydroxyl groups is 1. The van der Waals surface area contributed by atoms with Crippen LogP contribution in [-0.2, 0) is 11.4 Å². The summed E-state index contributed by atoms with van der Waals surface area (Å²) in [5.74, 6) is -0.205. The van der Waals surface area contributed by atoms with Gasteiger partial charge in [-0.15, -0.1) is 0 Å². The molecule has 2 N–H and O–H groups in total. The molecule has 0 unspecified atom stereocenters. The van der Waals surface area contributed by atoms with Crippen LogP contribution in [0.25, 0.3) is 0 Å². The van der Waals surface area contributed by atoms with Gasteiger partial charge in [-0.2, -0.15) is 0 Å². The van der Waals surface area contributed by atoms with Crippen molar-refractivity contribution in [3.05, 3.63) is 53.6 Å². The van der Waals surface area contributed by atoms with Crippen LogP contribution in [0.3, 0.4) is 0 Å². The summed E-state index contributed by atoms with van der Waals surface area (Å²) in [6.45, 7) is 3.73. The molecule has 0 saturated carbocycles. The highest BCUT2D eigenvalue weighted by Crippen LogP contribution is 2.17. The number of amides is 1. The molecule has 0 aliphatic rings. The van der Waals surface area contributed by atoms with Gasteiger partial charge in [0.15, 0.2) is 0 Å². The summed E-state index contributed by atoms with van der Waals surface area (Å²) < 4.78 is 0. The second-order valence-corrected chi connectivity index (χ2v) is 3.69. The van der Waals surface area contributed by atoms with Crippen molar-refractivity contribution in [1.82, 2.24) is 0 Å². The van der Waals surface area contributed by atoms with E-state index in [-0.39, 0.29) is 12.5 Å². The fourth-order valence-electron chi connectivity index (χ4n) is 1.37. The molecule has 0 fully saturated rings. The molecular weight excluding hydrogens is 214 g/mol. The molecule has 1 amide bonds. The predicted molar refractivity (Wildman–Crippen MR) is 69.7 cm³/mol. The average molecular weight is 231 g/mol. The van der Waals surface area contributed by atoms with E-state index in [1.807, 2.05) is 32.1 Å². The molecule has 3 heteroatoms. The van der Waals surface area contributed by atoms with E-state index >= 15 is 0 Å². The van der Waals surface area contributed by atoms with Crippen LogP contribution in [0, 0.1) is 6.92 Å². The van der Waals surface area contributed by atoms with Gasteiger partial charge in [-0.3, -0.25) is 4.79 Å². The summed E-state index contributed by atoms with van der Waals surface area (Å²) in [7, 11) is 0. The number of aryl methyl sites for hydroxylation is 1. The Kier molecular flexibility index (Phi) is 5.17. The van der Waals surface area contributed by atoms with Gasteiger partial charge >= 0.3 is 0 Å². The molecule has 0 radical (unpaired) electrons. The Morgan fingerprint density at radius 3 is 2.82 bits per heavy atom. The maximum atomic E-state index is 11.6. The lowest BCUT2D eigenvalue weighted by Crippen LogP contribution is -2.10. The van der Waals surface area contributed by atoms with Gasteiger partial charge in [-0.1, -0.05) is 30.4 Å². The van der Waals surface area contributed by atoms with Gasteiger partial charge in [0.2, 0.25) is 5.91 Å². The molecule has 0 aromatic heterocycles. The third-order valence-corrected chi connectivity index (χ3v) is 2.24. The second kappa shape index (κ2) is 6.66. The molecule has 90 valence electrons. The fourth-order valence-corrected chi connectivity index (χ4v) is 1.37. The smallest absolute Gasteiger partial charge is 0.248 e. The topological polar surface area (TPSA) is 49.3 Å². The number of hydrogen-bond donors (Lipinski definition) is 2. The Bertz CT molecular complexity index is 448. The number of carbonyl (C=O) groups excluding carboxylic acids is 1. The summed E-state index contributed by atoms with van der Waals surface area (Å²) in [4.78, 5) is 11.6. The number of hydrogen-bond acceptors (Lipinski definition) is 2. The quantitative estimate of drug-likeness (QED) is 0.618. The SMILES string of the molecule is C/C=C/C=C/C(=O)Nc1cc(C)ccc1CO. The molecule has 1 aromatic rings. The first-order valence-corrected chi connectivity index (χ1v) is 5.48. The van der Waals surface area contributed by atoms with E-state index in [0.29, 0.717) is 11.3 Å². The molecule has 0 aliphatic carbocycles. The number of carbonyl (C=O) groups is 1. The van der Waals surface area contributed by atoms with Crippen LogP contribution in [0.15, 0.2) is 42.5 Å². The number of benzene rings is 1. The minimum atomic E-state index is -0.205. The third-order valence-electron chi connectivity index (χ3n) is 2.24. The zero-order chi connectivity index (χ0) is 12.7. The molecule has 1 aromatic carbocycles. The first-order chi connectivity index (χ1) is 8.17. The van der Waals surface area contributed by atoms with Crippen LogP contribution in [0.1, 0.15) is 18.1 Å². The highest BCUT2D eigenvalue weighted by molar-refractivity contribution is 6.00. The van der Waals surface area contributed by atoms with Gasteiger partial charge in [0.1, 0.15) is 0 Å². The third kappa shape index (κ3) is 4.25. The fraction of sp³-hybridized carbons (Fsp3) is 0.214. The molecule has 0 atom stereocenters. The lowest BCUT2D eigenvalue weighted by atomic mass is 10.1. The van der Waals surface area contributed by atoms with E-state index in [4.69, 9.17) is 5.11 Å². The van der Waals surface area contributed by atoms with Crippen molar-refractivity contribution >= 4 is 11.6 Å². The van der Waals surface area contributed by atoms with E-state index in [1.54, 1.807) is 18.2 Å². The van der Waals surface area contributed by atoms with Crippen LogP contribution in [0.5, 0.6) is 0 Å². The van der Waals surface area contributed by atoms with Crippen LogP contribution in [-0.4, -0.2) is 11.0 Å². The first-order valence-electron chi connectivity index (χ1n) is 5.48. The molecule has 0 heterocycles. The highest BCUT2D eigenvalue weighted by Gasteiger charge is 2.03. The van der Waals surface area contributed by atoms with Crippen molar-refractivity contribution in [1.29, 1.82) is 0 Å². The van der Waals surface area contributed by atoms with Crippen LogP contribution in [0.4, 0.5) is 5.69 Å². The van der Waals surface area contributed by atoms with E-state index in [2.05, 4.69) is 5.32 Å². The van der Waals surface area contributed by atoms with Crippen molar-refractivity contribution in [3.8, 4) is 0 Å². The summed E-state index contributed by atoms with van der Waals surface area (Å²) >= 11 is 0. The number of allylic oxidation sites excluding steroid dienone is 3. The molecule has 1 rings (SSSR count). The van der Waals surface area contributed by atoms with Crippen molar-refractivity contribution in [2.24, 2.45) is 0 Å². The Balaban J connectivity index is 2.80. The maximum absolute atomic E-state index is 11.6. The van der Waals surface area contributed by atoms with Crippen LogP contribution in [0.2, 0.25) is 0 Å². The second-order valence-electron chi connectivity index (χ2n) is 3.69. The predicted octanol–water partition coefficient (Wildman–Crippen LogP) is 2.56. The molecule has 3 nitrogen and oxygen atoms in total. The largest absolute Gasteiger partial charge is 0.392 e. The van der Waals surface area contributed by atoms with Crippen molar-refractivity contribution in [2.75, 3.05) is 5.32 Å². The molecule has 0 bridgehead atoms. The first kappa shape index (κ1) is 13.2. The maximum Gasteiger partial charge on any atom is 0.248 e. The zero-order valence-corrected chi connectivity index (χ0v) is 10.1. The van der Waals surface area contributed by atoms with Gasteiger partial charge in [-0.25, -0.2) is 0 Å². The molecule has 17 heavy (non-hydrogen) atoms. The van der Waals surface area contributed by atoms with Gasteiger partial charge in [0.25, 0.3) is 0 Å². The van der Waals surface area contributed by atoms with Crippen molar-refractivity contribution < 1.29 is 9.90 Å². The minimum absolute atomic E-state index is 0.0888. The van der Waals surface area contributed by atoms with Gasteiger partial charge < -0.3 is 10.4 Å². The average Bonchev–Trinajstić information content (AvgIpc) is 2.29. The summed E-state index contributed by atoms with van der Waals surface area (Å²) in [5.41, 5.74) is 2.40. The summed E-state index contributed by atoms with van der Waals surface area (Å²) in [6.07, 6.45) is 6.74.